The van der Waals surface area contributed by atoms with Gasteiger partial charge in [-0.25, -0.2) is 4.90 Å². The van der Waals surface area contributed by atoms with Crippen LogP contribution in [0.1, 0.15) is 93.3 Å². The van der Waals surface area contributed by atoms with Gasteiger partial charge in [-0.05, 0) is 36.8 Å². The third kappa shape index (κ3) is 3.32. The number of hydrogen-bond acceptors (Lipinski definition) is 4. The molecule has 33 heavy (non-hydrogen) atoms. The molecular formula is C27H26N2O4. The van der Waals surface area contributed by atoms with E-state index in [-0.39, 0.29) is 11.8 Å². The van der Waals surface area contributed by atoms with Gasteiger partial charge in [-0.1, -0.05) is 51.2 Å². The van der Waals surface area contributed by atoms with Crippen molar-refractivity contribution in [3.05, 3.63) is 70.4 Å². The molecule has 6 nitrogen and oxygen atoms in total. The summed E-state index contributed by atoms with van der Waals surface area (Å²) in [6.45, 7) is 2.54. The first-order valence-corrected chi connectivity index (χ1v) is 11.7. The summed E-state index contributed by atoms with van der Waals surface area (Å²) in [7, 11) is 0. The minimum absolute atomic E-state index is 0.350. The Hall–Kier alpha value is -3.54. The summed E-state index contributed by atoms with van der Waals surface area (Å²) in [5.74, 6) is -1.54. The molecule has 0 bridgehead atoms. The first-order chi connectivity index (χ1) is 16.0. The van der Waals surface area contributed by atoms with Crippen LogP contribution in [-0.2, 0) is 0 Å². The Morgan fingerprint density at radius 3 is 1.73 bits per heavy atom. The predicted octanol–water partition coefficient (Wildman–Crippen LogP) is 5.24. The molecule has 2 aromatic rings. The van der Waals surface area contributed by atoms with Crippen LogP contribution in [0.2, 0.25) is 0 Å². The van der Waals surface area contributed by atoms with E-state index in [0.29, 0.717) is 51.7 Å². The summed E-state index contributed by atoms with van der Waals surface area (Å²) < 4.78 is 0. The molecule has 2 heterocycles. The molecule has 3 aliphatic rings. The van der Waals surface area contributed by atoms with Crippen LogP contribution in [0.15, 0.2) is 48.2 Å². The molecule has 0 unspecified atom stereocenters. The Morgan fingerprint density at radius 2 is 1.21 bits per heavy atom. The molecule has 0 saturated heterocycles. The van der Waals surface area contributed by atoms with Crippen molar-refractivity contribution in [3.8, 4) is 0 Å². The average Bonchev–Trinajstić information content (AvgIpc) is 3.34. The van der Waals surface area contributed by atoms with Crippen LogP contribution < -0.4 is 0 Å². The number of amides is 4. The second-order valence-electron chi connectivity index (χ2n) is 8.84. The standard InChI is InChI=1S/C27H26N2O4/c1-2-3-4-5-6-9-16-28-24(30)18-12-14-20-23-21(15-13-19(22(18)23)25(28)31)27(33)29(26(20)32)17-10-7-8-11-17/h7-8,10,12-15H,2-6,9,11,16H2,1H3. The molecule has 4 amide bonds. The van der Waals surface area contributed by atoms with E-state index in [1.54, 1.807) is 30.3 Å². The van der Waals surface area contributed by atoms with Crippen molar-refractivity contribution in [2.24, 2.45) is 0 Å². The van der Waals surface area contributed by atoms with Crippen LogP contribution >= 0.6 is 0 Å². The van der Waals surface area contributed by atoms with E-state index in [0.717, 1.165) is 25.7 Å². The fourth-order valence-electron chi connectivity index (χ4n) is 5.04. The van der Waals surface area contributed by atoms with Gasteiger partial charge in [0.1, 0.15) is 0 Å². The minimum atomic E-state index is -0.416. The molecule has 6 heteroatoms. The van der Waals surface area contributed by atoms with Crippen LogP contribution in [-0.4, -0.2) is 40.0 Å². The van der Waals surface area contributed by atoms with E-state index in [1.165, 1.54) is 22.6 Å². The fraction of sp³-hybridized carbons (Fsp3) is 0.333. The van der Waals surface area contributed by atoms with E-state index < -0.39 is 11.8 Å². The smallest absolute Gasteiger partial charge is 0.265 e. The van der Waals surface area contributed by atoms with Crippen LogP contribution in [0.3, 0.4) is 0 Å². The molecule has 0 atom stereocenters. The van der Waals surface area contributed by atoms with Gasteiger partial charge in [0, 0.05) is 51.7 Å². The highest BCUT2D eigenvalue weighted by molar-refractivity contribution is 6.33. The van der Waals surface area contributed by atoms with Gasteiger partial charge in [-0.15, -0.1) is 0 Å². The second-order valence-corrected chi connectivity index (χ2v) is 8.84. The van der Waals surface area contributed by atoms with Crippen molar-refractivity contribution in [3.63, 3.8) is 0 Å². The number of allylic oxidation sites excluding steroid dienone is 3. The van der Waals surface area contributed by atoms with Gasteiger partial charge in [-0.2, -0.15) is 0 Å². The maximum absolute atomic E-state index is 13.3. The van der Waals surface area contributed by atoms with Crippen LogP contribution in [0.4, 0.5) is 0 Å². The molecule has 1 aliphatic carbocycles. The normalized spacial score (nSPS) is 16.9. The molecule has 0 N–H and O–H groups in total. The zero-order valence-corrected chi connectivity index (χ0v) is 18.7. The Labute approximate surface area is 192 Å². The number of benzene rings is 2. The topological polar surface area (TPSA) is 74.8 Å². The quantitative estimate of drug-likeness (QED) is 0.414. The van der Waals surface area contributed by atoms with E-state index in [1.807, 2.05) is 12.2 Å². The van der Waals surface area contributed by atoms with Gasteiger partial charge in [0.15, 0.2) is 0 Å². The number of carbonyl (C=O) groups is 4. The van der Waals surface area contributed by atoms with E-state index in [4.69, 9.17) is 0 Å². The maximum atomic E-state index is 13.3. The lowest BCUT2D eigenvalue weighted by molar-refractivity contribution is 0.0600. The third-order valence-corrected chi connectivity index (χ3v) is 6.75. The summed E-state index contributed by atoms with van der Waals surface area (Å²) in [5, 5.41) is 0.850. The lowest BCUT2D eigenvalue weighted by Crippen LogP contribution is -2.43. The molecule has 168 valence electrons. The van der Waals surface area contributed by atoms with E-state index >= 15 is 0 Å². The summed E-state index contributed by atoms with van der Waals surface area (Å²) in [6, 6.07) is 6.49. The average molecular weight is 443 g/mol. The van der Waals surface area contributed by atoms with Crippen molar-refractivity contribution in [1.29, 1.82) is 0 Å². The molecule has 0 saturated carbocycles. The van der Waals surface area contributed by atoms with Gasteiger partial charge < -0.3 is 0 Å². The number of rotatable bonds is 8. The summed E-state index contributed by atoms with van der Waals surface area (Å²) in [4.78, 5) is 55.5. The molecule has 5 rings (SSSR count). The second kappa shape index (κ2) is 8.43. The zero-order chi connectivity index (χ0) is 23.1. The largest absolute Gasteiger partial charge is 0.274 e. The van der Waals surface area contributed by atoms with Gasteiger partial charge in [0.05, 0.1) is 0 Å². The lowest BCUT2D eigenvalue weighted by atomic mass is 9.85. The van der Waals surface area contributed by atoms with Crippen molar-refractivity contribution < 1.29 is 19.2 Å². The Kier molecular flexibility index (Phi) is 5.44. The summed E-state index contributed by atoms with van der Waals surface area (Å²) in [6.07, 6.45) is 12.4. The molecule has 0 aromatic heterocycles. The number of unbranched alkanes of at least 4 members (excludes halogenated alkanes) is 5. The van der Waals surface area contributed by atoms with Crippen LogP contribution in [0.25, 0.3) is 10.8 Å². The monoisotopic (exact) mass is 442 g/mol. The lowest BCUT2D eigenvalue weighted by Gasteiger charge is -2.32. The summed E-state index contributed by atoms with van der Waals surface area (Å²) in [5.41, 5.74) is 2.09. The van der Waals surface area contributed by atoms with Gasteiger partial charge in [0.2, 0.25) is 0 Å². The SMILES string of the molecule is CCCCCCCCN1C(=O)c2ccc3c4c(ccc(c24)C1=O)C(=O)N(C1=CC=CC1)C3=O. The number of nitrogens with zero attached hydrogens (tertiary/aromatic N) is 2. The molecule has 0 spiro atoms. The predicted molar refractivity (Wildman–Crippen MR) is 125 cm³/mol. The van der Waals surface area contributed by atoms with Crippen molar-refractivity contribution in [2.75, 3.05) is 6.54 Å². The van der Waals surface area contributed by atoms with Gasteiger partial charge >= 0.3 is 0 Å². The summed E-state index contributed by atoms with van der Waals surface area (Å²) >= 11 is 0. The molecular weight excluding hydrogens is 416 g/mol. The highest BCUT2D eigenvalue weighted by atomic mass is 16.2. The first kappa shape index (κ1) is 21.3. The van der Waals surface area contributed by atoms with Crippen LogP contribution in [0.5, 0.6) is 0 Å². The van der Waals surface area contributed by atoms with Crippen molar-refractivity contribution >= 4 is 34.4 Å². The van der Waals surface area contributed by atoms with E-state index in [9.17, 15) is 19.2 Å². The van der Waals surface area contributed by atoms with Gasteiger partial charge in [0.25, 0.3) is 23.6 Å². The number of carbonyl (C=O) groups excluding carboxylic acids is 4. The highest BCUT2D eigenvalue weighted by Gasteiger charge is 2.40. The van der Waals surface area contributed by atoms with Crippen LogP contribution in [0, 0.1) is 0 Å². The molecule has 0 fully saturated rings. The zero-order valence-electron chi connectivity index (χ0n) is 18.7. The molecule has 2 aromatic carbocycles. The van der Waals surface area contributed by atoms with Gasteiger partial charge in [-0.3, -0.25) is 24.1 Å². The minimum Gasteiger partial charge on any atom is -0.274 e. The molecule has 2 aliphatic heterocycles. The van der Waals surface area contributed by atoms with Crippen molar-refractivity contribution in [2.45, 2.75) is 51.9 Å². The fourth-order valence-corrected chi connectivity index (χ4v) is 5.04. The van der Waals surface area contributed by atoms with Crippen molar-refractivity contribution in [1.82, 2.24) is 9.80 Å². The third-order valence-electron chi connectivity index (χ3n) is 6.75. The first-order valence-electron chi connectivity index (χ1n) is 11.7. The molecule has 0 radical (unpaired) electrons. The van der Waals surface area contributed by atoms with E-state index in [2.05, 4.69) is 6.92 Å². The Balaban J connectivity index is 1.49. The maximum Gasteiger partial charge on any atom is 0.265 e. The Bertz CT molecular complexity index is 1200. The number of hydrogen-bond donors (Lipinski definition) is 0. The Morgan fingerprint density at radius 1 is 0.697 bits per heavy atom. The highest BCUT2D eigenvalue weighted by Crippen LogP contribution is 2.39. The number of imide groups is 2.